The number of hydrogen-bond acceptors (Lipinski definition) is 3. The second-order valence-electron chi connectivity index (χ2n) is 3.73. The summed E-state index contributed by atoms with van der Waals surface area (Å²) in [5, 5.41) is 11.5. The Morgan fingerprint density at radius 1 is 1.56 bits per heavy atom. The Kier molecular flexibility index (Phi) is 5.45. The molecule has 5 nitrogen and oxygen atoms in total. The molecular formula is C10H18N2O3S. The lowest BCUT2D eigenvalue weighted by Crippen LogP contribution is -2.45. The largest absolute Gasteiger partial charge is 0.481 e. The Labute approximate surface area is 99.6 Å². The van der Waals surface area contributed by atoms with E-state index < -0.39 is 5.97 Å². The molecule has 1 rings (SSSR count). The van der Waals surface area contributed by atoms with Crippen molar-refractivity contribution in [2.24, 2.45) is 0 Å². The summed E-state index contributed by atoms with van der Waals surface area (Å²) < 4.78 is 0. The molecule has 1 aliphatic rings. The monoisotopic (exact) mass is 246 g/mol. The molecule has 2 N–H and O–H groups in total. The van der Waals surface area contributed by atoms with Crippen LogP contribution in [-0.2, 0) is 4.79 Å². The maximum Gasteiger partial charge on any atom is 0.317 e. The van der Waals surface area contributed by atoms with Crippen LogP contribution in [0.2, 0.25) is 0 Å². The maximum atomic E-state index is 11.8. The van der Waals surface area contributed by atoms with Gasteiger partial charge < -0.3 is 15.3 Å². The van der Waals surface area contributed by atoms with Gasteiger partial charge in [0, 0.05) is 24.9 Å². The van der Waals surface area contributed by atoms with Crippen molar-refractivity contribution in [3.8, 4) is 0 Å². The third-order valence-corrected chi connectivity index (χ3v) is 3.68. The number of carboxylic acid groups (broad SMARTS) is 1. The quantitative estimate of drug-likeness (QED) is 0.759. The Morgan fingerprint density at radius 2 is 2.31 bits per heavy atom. The molecule has 0 spiro atoms. The first kappa shape index (κ1) is 13.2. The van der Waals surface area contributed by atoms with E-state index in [4.69, 9.17) is 5.11 Å². The first-order valence-corrected chi connectivity index (χ1v) is 6.64. The number of hydrogen-bond donors (Lipinski definition) is 2. The molecule has 1 heterocycles. The molecule has 0 radical (unpaired) electrons. The lowest BCUT2D eigenvalue weighted by molar-refractivity contribution is -0.137. The van der Waals surface area contributed by atoms with Crippen LogP contribution in [0.3, 0.4) is 0 Å². The Morgan fingerprint density at radius 3 is 2.81 bits per heavy atom. The summed E-state index contributed by atoms with van der Waals surface area (Å²) in [6.07, 6.45) is 1.01. The van der Waals surface area contributed by atoms with Crippen LogP contribution in [0.4, 0.5) is 4.79 Å². The second-order valence-corrected chi connectivity index (χ2v) is 4.88. The summed E-state index contributed by atoms with van der Waals surface area (Å²) in [5.41, 5.74) is 0. The zero-order valence-corrected chi connectivity index (χ0v) is 10.3. The van der Waals surface area contributed by atoms with Crippen molar-refractivity contribution < 1.29 is 14.7 Å². The number of aliphatic carboxylic acids is 1. The molecule has 16 heavy (non-hydrogen) atoms. The Bertz CT molecular complexity index is 254. The maximum absolute atomic E-state index is 11.8. The number of nitrogens with zero attached hydrogens (tertiary/aromatic N) is 1. The SMILES string of the molecule is CCN(CCC(=O)O)C(=O)NC1CCSC1. The number of amides is 2. The second kappa shape index (κ2) is 6.62. The molecule has 1 fully saturated rings. The van der Waals surface area contributed by atoms with E-state index >= 15 is 0 Å². The highest BCUT2D eigenvalue weighted by Crippen LogP contribution is 2.17. The van der Waals surface area contributed by atoms with Gasteiger partial charge in [-0.05, 0) is 19.1 Å². The lowest BCUT2D eigenvalue weighted by Gasteiger charge is -2.22. The molecule has 6 heteroatoms. The molecule has 0 aromatic heterocycles. The van der Waals surface area contributed by atoms with E-state index in [1.165, 1.54) is 4.90 Å². The van der Waals surface area contributed by atoms with Gasteiger partial charge in [-0.25, -0.2) is 4.79 Å². The molecule has 0 aromatic carbocycles. The summed E-state index contributed by atoms with van der Waals surface area (Å²) in [7, 11) is 0. The molecule has 2 amide bonds. The molecule has 1 aliphatic heterocycles. The standard InChI is InChI=1S/C10H18N2O3S/c1-2-12(5-3-9(13)14)10(15)11-8-4-6-16-7-8/h8H,2-7H2,1H3,(H,11,15)(H,13,14). The third-order valence-electron chi connectivity index (χ3n) is 2.52. The van der Waals surface area contributed by atoms with Crippen LogP contribution < -0.4 is 5.32 Å². The predicted molar refractivity (Wildman–Crippen MR) is 63.8 cm³/mol. The smallest absolute Gasteiger partial charge is 0.317 e. The van der Waals surface area contributed by atoms with Crippen molar-refractivity contribution >= 4 is 23.8 Å². The number of nitrogens with one attached hydrogen (secondary N) is 1. The van der Waals surface area contributed by atoms with Crippen molar-refractivity contribution in [2.75, 3.05) is 24.6 Å². The summed E-state index contributed by atoms with van der Waals surface area (Å²) >= 11 is 1.83. The topological polar surface area (TPSA) is 69.6 Å². The van der Waals surface area contributed by atoms with Gasteiger partial charge in [-0.2, -0.15) is 11.8 Å². The zero-order valence-electron chi connectivity index (χ0n) is 9.44. The number of rotatable bonds is 5. The first-order valence-electron chi connectivity index (χ1n) is 5.48. The number of carboxylic acids is 1. The Hall–Kier alpha value is -0.910. The minimum atomic E-state index is -0.873. The minimum Gasteiger partial charge on any atom is -0.481 e. The summed E-state index contributed by atoms with van der Waals surface area (Å²) in [5.74, 6) is 1.18. The summed E-state index contributed by atoms with van der Waals surface area (Å²) in [4.78, 5) is 23.7. The van der Waals surface area contributed by atoms with Gasteiger partial charge in [0.15, 0.2) is 0 Å². The average molecular weight is 246 g/mol. The highest BCUT2D eigenvalue weighted by molar-refractivity contribution is 7.99. The van der Waals surface area contributed by atoms with Crippen molar-refractivity contribution in [1.29, 1.82) is 0 Å². The number of urea groups is 1. The van der Waals surface area contributed by atoms with Gasteiger partial charge in [0.2, 0.25) is 0 Å². The highest BCUT2D eigenvalue weighted by atomic mass is 32.2. The van der Waals surface area contributed by atoms with Crippen molar-refractivity contribution in [3.63, 3.8) is 0 Å². The number of carbonyl (C=O) groups excluding carboxylic acids is 1. The normalized spacial score (nSPS) is 19.4. The lowest BCUT2D eigenvalue weighted by atomic mass is 10.3. The van der Waals surface area contributed by atoms with Gasteiger partial charge in [0.05, 0.1) is 6.42 Å². The molecule has 0 saturated carbocycles. The van der Waals surface area contributed by atoms with Crippen LogP contribution in [0.1, 0.15) is 19.8 Å². The van der Waals surface area contributed by atoms with Gasteiger partial charge in [0.1, 0.15) is 0 Å². The molecule has 0 bridgehead atoms. The van der Waals surface area contributed by atoms with E-state index in [9.17, 15) is 9.59 Å². The molecule has 0 aromatic rings. The van der Waals surface area contributed by atoms with Crippen LogP contribution in [0.25, 0.3) is 0 Å². The van der Waals surface area contributed by atoms with Gasteiger partial charge in [-0.3, -0.25) is 4.79 Å². The van der Waals surface area contributed by atoms with Crippen LogP contribution >= 0.6 is 11.8 Å². The summed E-state index contributed by atoms with van der Waals surface area (Å²) in [6.45, 7) is 2.67. The van der Waals surface area contributed by atoms with E-state index in [0.29, 0.717) is 6.54 Å². The minimum absolute atomic E-state index is 0.000671. The van der Waals surface area contributed by atoms with E-state index in [0.717, 1.165) is 17.9 Å². The van der Waals surface area contributed by atoms with Crippen LogP contribution in [-0.4, -0.2) is 52.6 Å². The highest BCUT2D eigenvalue weighted by Gasteiger charge is 2.20. The van der Waals surface area contributed by atoms with Crippen LogP contribution in [0, 0.1) is 0 Å². The van der Waals surface area contributed by atoms with E-state index in [1.54, 1.807) is 0 Å². The fraction of sp³-hybridized carbons (Fsp3) is 0.800. The van der Waals surface area contributed by atoms with Gasteiger partial charge in [-0.1, -0.05) is 0 Å². The van der Waals surface area contributed by atoms with Crippen molar-refractivity contribution in [2.45, 2.75) is 25.8 Å². The van der Waals surface area contributed by atoms with E-state index in [-0.39, 0.29) is 25.0 Å². The average Bonchev–Trinajstić information content (AvgIpc) is 2.71. The fourth-order valence-electron chi connectivity index (χ4n) is 1.55. The van der Waals surface area contributed by atoms with Crippen molar-refractivity contribution in [3.05, 3.63) is 0 Å². The van der Waals surface area contributed by atoms with Gasteiger partial charge in [-0.15, -0.1) is 0 Å². The summed E-state index contributed by atoms with van der Waals surface area (Å²) in [6, 6.07) is 0.104. The molecular weight excluding hydrogens is 228 g/mol. The molecule has 0 aliphatic carbocycles. The van der Waals surface area contributed by atoms with Gasteiger partial charge in [0.25, 0.3) is 0 Å². The van der Waals surface area contributed by atoms with Crippen LogP contribution in [0.5, 0.6) is 0 Å². The van der Waals surface area contributed by atoms with Gasteiger partial charge >= 0.3 is 12.0 Å². The number of carbonyl (C=O) groups is 2. The Balaban J connectivity index is 2.32. The molecule has 92 valence electrons. The first-order chi connectivity index (χ1) is 7.63. The van der Waals surface area contributed by atoms with Crippen LogP contribution in [0.15, 0.2) is 0 Å². The molecule has 1 saturated heterocycles. The van der Waals surface area contributed by atoms with E-state index in [1.807, 2.05) is 18.7 Å². The zero-order chi connectivity index (χ0) is 12.0. The predicted octanol–water partition coefficient (Wildman–Crippen LogP) is 0.998. The number of thioether (sulfide) groups is 1. The van der Waals surface area contributed by atoms with E-state index in [2.05, 4.69) is 5.32 Å². The molecule has 1 unspecified atom stereocenters. The fourth-order valence-corrected chi connectivity index (χ4v) is 2.70. The van der Waals surface area contributed by atoms with Crippen molar-refractivity contribution in [1.82, 2.24) is 10.2 Å². The third kappa shape index (κ3) is 4.30. The molecule has 1 atom stereocenters.